The lowest BCUT2D eigenvalue weighted by molar-refractivity contribution is 0.102. The van der Waals surface area contributed by atoms with Crippen LogP contribution in [-0.2, 0) is 0 Å². The zero-order chi connectivity index (χ0) is 10.0. The van der Waals surface area contributed by atoms with E-state index >= 15 is 0 Å². The quantitative estimate of drug-likeness (QED) is 0.350. The molecular formula is C8H4Cl2FIO. The topological polar surface area (TPSA) is 17.1 Å². The molecule has 0 fully saturated rings. The molecule has 1 rings (SSSR count). The Morgan fingerprint density at radius 1 is 1.54 bits per heavy atom. The average Bonchev–Trinajstić information content (AvgIpc) is 2.10. The van der Waals surface area contributed by atoms with E-state index in [2.05, 4.69) is 0 Å². The fourth-order valence-electron chi connectivity index (χ4n) is 0.831. The zero-order valence-corrected chi connectivity index (χ0v) is 9.95. The smallest absolute Gasteiger partial charge is 0.179 e. The van der Waals surface area contributed by atoms with Crippen molar-refractivity contribution in [3.05, 3.63) is 32.1 Å². The summed E-state index contributed by atoms with van der Waals surface area (Å²) in [6.07, 6.45) is 0. The van der Waals surface area contributed by atoms with Crippen LogP contribution in [0.15, 0.2) is 12.1 Å². The second-order valence-electron chi connectivity index (χ2n) is 2.31. The first-order valence-electron chi connectivity index (χ1n) is 3.30. The van der Waals surface area contributed by atoms with Gasteiger partial charge in [0.1, 0.15) is 5.82 Å². The van der Waals surface area contributed by atoms with E-state index in [0.29, 0.717) is 3.57 Å². The van der Waals surface area contributed by atoms with E-state index in [4.69, 9.17) is 23.2 Å². The van der Waals surface area contributed by atoms with Crippen LogP contribution in [0.4, 0.5) is 4.39 Å². The molecule has 1 nitrogen and oxygen atoms in total. The molecule has 0 N–H and O–H groups in total. The van der Waals surface area contributed by atoms with E-state index in [9.17, 15) is 9.18 Å². The Labute approximate surface area is 98.4 Å². The summed E-state index contributed by atoms with van der Waals surface area (Å²) in [6.45, 7) is 0. The van der Waals surface area contributed by atoms with Gasteiger partial charge < -0.3 is 0 Å². The Morgan fingerprint density at radius 3 is 2.69 bits per heavy atom. The summed E-state index contributed by atoms with van der Waals surface area (Å²) >= 11 is 13.0. The van der Waals surface area contributed by atoms with Gasteiger partial charge in [-0.3, -0.25) is 4.79 Å². The molecule has 0 unspecified atom stereocenters. The molecule has 0 aliphatic carbocycles. The lowest BCUT2D eigenvalue weighted by Crippen LogP contribution is -2.03. The van der Waals surface area contributed by atoms with Crippen LogP contribution in [-0.4, -0.2) is 11.7 Å². The van der Waals surface area contributed by atoms with Crippen LogP contribution in [0.1, 0.15) is 10.4 Å². The molecule has 0 atom stereocenters. The van der Waals surface area contributed by atoms with Crippen molar-refractivity contribution >= 4 is 51.6 Å². The molecule has 0 aromatic heterocycles. The molecular weight excluding hydrogens is 329 g/mol. The van der Waals surface area contributed by atoms with Gasteiger partial charge in [-0.25, -0.2) is 4.39 Å². The first kappa shape index (κ1) is 11.2. The van der Waals surface area contributed by atoms with Crippen molar-refractivity contribution in [1.29, 1.82) is 0 Å². The monoisotopic (exact) mass is 332 g/mol. The maximum atomic E-state index is 12.8. The molecule has 5 heteroatoms. The molecule has 0 heterocycles. The van der Waals surface area contributed by atoms with E-state index in [1.165, 1.54) is 6.07 Å². The second-order valence-corrected chi connectivity index (χ2v) is 4.11. The van der Waals surface area contributed by atoms with Gasteiger partial charge in [0.05, 0.1) is 10.9 Å². The summed E-state index contributed by atoms with van der Waals surface area (Å²) in [7, 11) is 0. The number of rotatable bonds is 2. The van der Waals surface area contributed by atoms with Gasteiger partial charge in [-0.05, 0) is 34.7 Å². The minimum Gasteiger partial charge on any atom is -0.293 e. The van der Waals surface area contributed by atoms with Crippen molar-refractivity contribution in [2.45, 2.75) is 0 Å². The third-order valence-corrected chi connectivity index (χ3v) is 3.23. The normalized spacial score (nSPS) is 10.2. The summed E-state index contributed by atoms with van der Waals surface area (Å²) in [5, 5.41) is 0.257. The van der Waals surface area contributed by atoms with Crippen molar-refractivity contribution < 1.29 is 9.18 Å². The molecule has 0 amide bonds. The first-order valence-corrected chi connectivity index (χ1v) is 5.29. The molecule has 1 aromatic carbocycles. The van der Waals surface area contributed by atoms with Gasteiger partial charge in [0.15, 0.2) is 5.78 Å². The van der Waals surface area contributed by atoms with Crippen LogP contribution in [0.5, 0.6) is 0 Å². The first-order chi connectivity index (χ1) is 6.06. The van der Waals surface area contributed by atoms with Gasteiger partial charge in [0.25, 0.3) is 0 Å². The molecule has 0 bridgehead atoms. The van der Waals surface area contributed by atoms with Gasteiger partial charge in [-0.2, -0.15) is 0 Å². The second kappa shape index (κ2) is 4.57. The van der Waals surface area contributed by atoms with Crippen molar-refractivity contribution in [2.75, 3.05) is 5.88 Å². The third kappa shape index (κ3) is 2.54. The summed E-state index contributed by atoms with van der Waals surface area (Å²) in [4.78, 5) is 11.2. The summed E-state index contributed by atoms with van der Waals surface area (Å²) in [5.74, 6) is -1.05. The molecule has 70 valence electrons. The van der Waals surface area contributed by atoms with Crippen LogP contribution in [0.25, 0.3) is 0 Å². The minimum absolute atomic E-state index is 0.140. The maximum absolute atomic E-state index is 12.8. The minimum atomic E-state index is -0.484. The van der Waals surface area contributed by atoms with Crippen molar-refractivity contribution in [2.24, 2.45) is 0 Å². The number of hydrogen-bond acceptors (Lipinski definition) is 1. The van der Waals surface area contributed by atoms with E-state index in [1.54, 1.807) is 0 Å². The van der Waals surface area contributed by atoms with Gasteiger partial charge in [-0.15, -0.1) is 11.6 Å². The lowest BCUT2D eigenvalue weighted by Gasteiger charge is -2.03. The molecule has 0 spiro atoms. The summed E-state index contributed by atoms with van der Waals surface area (Å²) in [6, 6.07) is 2.35. The highest BCUT2D eigenvalue weighted by atomic mass is 127. The Kier molecular flexibility index (Phi) is 3.94. The average molecular weight is 333 g/mol. The number of alkyl halides is 1. The molecule has 0 aliphatic heterocycles. The Bertz CT molecular complexity index is 354. The predicted molar refractivity (Wildman–Crippen MR) is 59.2 cm³/mol. The number of carbonyl (C=O) groups excluding carboxylic acids is 1. The molecule has 0 saturated carbocycles. The summed E-state index contributed by atoms with van der Waals surface area (Å²) < 4.78 is 13.4. The summed E-state index contributed by atoms with van der Waals surface area (Å²) in [5.41, 5.74) is 0.140. The van der Waals surface area contributed by atoms with E-state index in [1.807, 2.05) is 22.6 Å². The Morgan fingerprint density at radius 2 is 2.15 bits per heavy atom. The largest absolute Gasteiger partial charge is 0.293 e. The van der Waals surface area contributed by atoms with E-state index < -0.39 is 5.82 Å². The van der Waals surface area contributed by atoms with E-state index in [-0.39, 0.29) is 22.2 Å². The highest BCUT2D eigenvalue weighted by Crippen LogP contribution is 2.24. The fourth-order valence-corrected chi connectivity index (χ4v) is 1.78. The van der Waals surface area contributed by atoms with Crippen LogP contribution in [0.2, 0.25) is 5.02 Å². The Hall–Kier alpha value is 0.130. The van der Waals surface area contributed by atoms with Crippen LogP contribution >= 0.6 is 45.8 Å². The van der Waals surface area contributed by atoms with E-state index in [0.717, 1.165) is 6.07 Å². The van der Waals surface area contributed by atoms with Gasteiger partial charge in [-0.1, -0.05) is 11.6 Å². The van der Waals surface area contributed by atoms with Gasteiger partial charge in [0, 0.05) is 9.13 Å². The van der Waals surface area contributed by atoms with Gasteiger partial charge >= 0.3 is 0 Å². The molecule has 13 heavy (non-hydrogen) atoms. The van der Waals surface area contributed by atoms with Crippen LogP contribution in [0.3, 0.4) is 0 Å². The number of ketones is 1. The van der Waals surface area contributed by atoms with Crippen molar-refractivity contribution in [1.82, 2.24) is 0 Å². The number of halogens is 4. The highest BCUT2D eigenvalue weighted by molar-refractivity contribution is 14.1. The zero-order valence-electron chi connectivity index (χ0n) is 6.28. The lowest BCUT2D eigenvalue weighted by atomic mass is 10.1. The fraction of sp³-hybridized carbons (Fsp3) is 0.125. The van der Waals surface area contributed by atoms with Gasteiger partial charge in [0.2, 0.25) is 0 Å². The number of Topliss-reactive ketones (excluding diaryl/α,β-unsaturated/α-hetero) is 1. The number of hydrogen-bond donors (Lipinski definition) is 0. The maximum Gasteiger partial charge on any atom is 0.179 e. The number of benzene rings is 1. The van der Waals surface area contributed by atoms with Crippen molar-refractivity contribution in [3.63, 3.8) is 0 Å². The van der Waals surface area contributed by atoms with Crippen LogP contribution < -0.4 is 0 Å². The molecule has 0 aliphatic rings. The van der Waals surface area contributed by atoms with Crippen LogP contribution in [0, 0.1) is 9.39 Å². The van der Waals surface area contributed by atoms with Crippen molar-refractivity contribution in [3.8, 4) is 0 Å². The molecule has 0 radical (unpaired) electrons. The number of carbonyl (C=O) groups is 1. The third-order valence-electron chi connectivity index (χ3n) is 1.41. The highest BCUT2D eigenvalue weighted by Gasteiger charge is 2.13. The SMILES string of the molecule is O=C(CCl)c1cc(F)cc(I)c1Cl. The predicted octanol–water partition coefficient (Wildman–Crippen LogP) is 3.51. The molecule has 1 aromatic rings. The standard InChI is InChI=1S/C8H4Cl2FIO/c9-3-7(13)5-1-4(11)2-6(12)8(5)10/h1-2H,3H2. The molecule has 0 saturated heterocycles. The Balaban J connectivity index is 3.28.